The van der Waals surface area contributed by atoms with Gasteiger partial charge in [0, 0.05) is 47.8 Å². The fourth-order valence-electron chi connectivity index (χ4n) is 6.69. The van der Waals surface area contributed by atoms with Crippen LogP contribution in [0.1, 0.15) is 83.8 Å². The van der Waals surface area contributed by atoms with Crippen LogP contribution >= 0.6 is 0 Å². The van der Waals surface area contributed by atoms with Crippen molar-refractivity contribution in [3.05, 3.63) is 81.9 Å². The molecule has 2 aliphatic carbocycles. The number of carboxylic acids is 1. The molecule has 0 saturated heterocycles. The van der Waals surface area contributed by atoms with Gasteiger partial charge < -0.3 is 19.5 Å². The SMILES string of the molecule is CCOc1cc(C2C3=C(CC(C)(C)CC3=O)N(CCC(=O)O)C3=C2C(=O)CC(C)(C)C3)ccc1OCc1ccc(F)cc1. The molecule has 0 unspecified atom stereocenters. The Balaban J connectivity index is 1.63. The number of carboxylic acid groups (broad SMARTS) is 1. The molecule has 5 rings (SSSR count). The smallest absolute Gasteiger partial charge is 0.305 e. The molecule has 0 radical (unpaired) electrons. The Kier molecular flexibility index (Phi) is 8.25. The molecule has 1 heterocycles. The van der Waals surface area contributed by atoms with Gasteiger partial charge in [-0.3, -0.25) is 14.4 Å². The summed E-state index contributed by atoms with van der Waals surface area (Å²) in [5.74, 6) is -0.863. The number of carbonyl (C=O) groups excluding carboxylic acids is 2. The first-order valence-electron chi connectivity index (χ1n) is 14.9. The van der Waals surface area contributed by atoms with Crippen LogP contribution in [0.15, 0.2) is 65.0 Å². The quantitative estimate of drug-likeness (QED) is 0.338. The van der Waals surface area contributed by atoms with Crippen molar-refractivity contribution < 1.29 is 33.4 Å². The molecule has 0 fully saturated rings. The van der Waals surface area contributed by atoms with Crippen molar-refractivity contribution in [2.75, 3.05) is 13.2 Å². The van der Waals surface area contributed by atoms with Gasteiger partial charge in [0.15, 0.2) is 23.1 Å². The second kappa shape index (κ2) is 11.6. The minimum atomic E-state index is -0.924. The van der Waals surface area contributed by atoms with E-state index in [0.717, 1.165) is 22.5 Å². The van der Waals surface area contributed by atoms with Crippen molar-refractivity contribution in [1.29, 1.82) is 0 Å². The highest BCUT2D eigenvalue weighted by molar-refractivity contribution is 6.06. The zero-order chi connectivity index (χ0) is 31.1. The molecular formula is C35H40FNO6. The van der Waals surface area contributed by atoms with Crippen LogP contribution in [0.25, 0.3) is 0 Å². The molecule has 3 aliphatic rings. The summed E-state index contributed by atoms with van der Waals surface area (Å²) in [4.78, 5) is 41.6. The third-order valence-corrected chi connectivity index (χ3v) is 8.48. The molecule has 0 bridgehead atoms. The number of allylic oxidation sites excluding steroid dienone is 4. The Hall–Kier alpha value is -3.94. The van der Waals surface area contributed by atoms with Crippen molar-refractivity contribution in [1.82, 2.24) is 4.90 Å². The molecule has 43 heavy (non-hydrogen) atoms. The summed E-state index contributed by atoms with van der Waals surface area (Å²) in [7, 11) is 0. The van der Waals surface area contributed by atoms with Gasteiger partial charge in [-0.05, 0) is 66.0 Å². The monoisotopic (exact) mass is 589 g/mol. The number of hydrogen-bond donors (Lipinski definition) is 1. The standard InChI is InChI=1S/C35H40FNO6/c1-6-42-29-15-22(9-12-28(29)43-20-21-7-10-23(36)11-8-21)31-32-24(16-34(2,3)18-26(32)38)37(14-13-30(40)41)25-17-35(4,5)19-27(39)33(25)31/h7-12,15,31H,6,13-14,16-20H2,1-5H3,(H,40,41). The number of hydrogen-bond acceptors (Lipinski definition) is 6. The van der Waals surface area contributed by atoms with Gasteiger partial charge in [-0.15, -0.1) is 0 Å². The number of Topliss-reactive ketones (excluding diaryl/α,β-unsaturated/α-hetero) is 2. The summed E-state index contributed by atoms with van der Waals surface area (Å²) in [5.41, 5.74) is 3.77. The number of ether oxygens (including phenoxy) is 2. The maximum Gasteiger partial charge on any atom is 0.305 e. The summed E-state index contributed by atoms with van der Waals surface area (Å²) < 4.78 is 25.4. The molecule has 1 aliphatic heterocycles. The average molecular weight is 590 g/mol. The number of rotatable bonds is 9. The Bertz CT molecular complexity index is 1460. The summed E-state index contributed by atoms with van der Waals surface area (Å²) >= 11 is 0. The van der Waals surface area contributed by atoms with E-state index in [0.29, 0.717) is 54.9 Å². The second-order valence-corrected chi connectivity index (χ2v) is 13.4. The van der Waals surface area contributed by atoms with E-state index >= 15 is 0 Å². The Morgan fingerprint density at radius 3 is 2.00 bits per heavy atom. The van der Waals surface area contributed by atoms with Crippen molar-refractivity contribution in [2.24, 2.45) is 10.8 Å². The number of carbonyl (C=O) groups is 3. The number of benzene rings is 2. The Morgan fingerprint density at radius 1 is 0.884 bits per heavy atom. The van der Waals surface area contributed by atoms with Crippen LogP contribution in [-0.2, 0) is 21.0 Å². The van der Waals surface area contributed by atoms with Crippen LogP contribution in [-0.4, -0.2) is 40.7 Å². The van der Waals surface area contributed by atoms with E-state index in [1.54, 1.807) is 18.2 Å². The van der Waals surface area contributed by atoms with Crippen LogP contribution in [0.4, 0.5) is 4.39 Å². The van der Waals surface area contributed by atoms with Crippen LogP contribution in [0.2, 0.25) is 0 Å². The summed E-state index contributed by atoms with van der Waals surface area (Å²) in [6, 6.07) is 11.6. The molecule has 0 saturated carbocycles. The summed E-state index contributed by atoms with van der Waals surface area (Å²) in [6.07, 6.45) is 1.79. The number of ketones is 2. The van der Waals surface area contributed by atoms with Crippen LogP contribution in [0, 0.1) is 16.6 Å². The van der Waals surface area contributed by atoms with Gasteiger partial charge in [-0.2, -0.15) is 0 Å². The van der Waals surface area contributed by atoms with E-state index in [-0.39, 0.29) is 47.8 Å². The minimum Gasteiger partial charge on any atom is -0.490 e. The molecule has 1 N–H and O–H groups in total. The largest absolute Gasteiger partial charge is 0.490 e. The average Bonchev–Trinajstić information content (AvgIpc) is 2.90. The van der Waals surface area contributed by atoms with Crippen molar-refractivity contribution in [2.45, 2.75) is 79.2 Å². The topological polar surface area (TPSA) is 93.1 Å². The highest BCUT2D eigenvalue weighted by atomic mass is 19.1. The lowest BCUT2D eigenvalue weighted by Gasteiger charge is -2.49. The predicted molar refractivity (Wildman–Crippen MR) is 160 cm³/mol. The molecule has 2 aromatic carbocycles. The minimum absolute atomic E-state index is 0.0182. The van der Waals surface area contributed by atoms with Gasteiger partial charge >= 0.3 is 5.97 Å². The Labute approximate surface area is 252 Å². The fourth-order valence-corrected chi connectivity index (χ4v) is 6.69. The lowest BCUT2D eigenvalue weighted by molar-refractivity contribution is -0.137. The molecule has 228 valence electrons. The second-order valence-electron chi connectivity index (χ2n) is 13.4. The first kappa shape index (κ1) is 30.5. The third-order valence-electron chi connectivity index (χ3n) is 8.48. The lowest BCUT2D eigenvalue weighted by atomic mass is 9.63. The molecule has 0 spiro atoms. The zero-order valence-corrected chi connectivity index (χ0v) is 25.6. The van der Waals surface area contributed by atoms with E-state index in [1.165, 1.54) is 12.1 Å². The molecule has 0 atom stereocenters. The predicted octanol–water partition coefficient (Wildman–Crippen LogP) is 6.96. The van der Waals surface area contributed by atoms with E-state index in [2.05, 4.69) is 27.7 Å². The maximum absolute atomic E-state index is 14.0. The van der Waals surface area contributed by atoms with Gasteiger partial charge in [-0.25, -0.2) is 4.39 Å². The fraction of sp³-hybridized carbons (Fsp3) is 0.457. The van der Waals surface area contributed by atoms with Gasteiger partial charge in [0.05, 0.1) is 13.0 Å². The number of halogens is 1. The first-order valence-corrected chi connectivity index (χ1v) is 14.9. The highest BCUT2D eigenvalue weighted by Crippen LogP contribution is 2.55. The Morgan fingerprint density at radius 2 is 1.47 bits per heavy atom. The van der Waals surface area contributed by atoms with Gasteiger partial charge in [0.1, 0.15) is 12.4 Å². The van der Waals surface area contributed by atoms with Crippen LogP contribution in [0.3, 0.4) is 0 Å². The van der Waals surface area contributed by atoms with E-state index in [1.807, 2.05) is 24.0 Å². The van der Waals surface area contributed by atoms with E-state index < -0.39 is 11.9 Å². The van der Waals surface area contributed by atoms with Gasteiger partial charge in [-0.1, -0.05) is 45.9 Å². The van der Waals surface area contributed by atoms with Crippen LogP contribution in [0.5, 0.6) is 11.5 Å². The molecule has 0 aromatic heterocycles. The molecule has 0 amide bonds. The number of nitrogens with zero attached hydrogens (tertiary/aromatic N) is 1. The lowest BCUT2D eigenvalue weighted by Crippen LogP contribution is -2.45. The normalized spacial score (nSPS) is 19.7. The number of aliphatic carboxylic acids is 1. The first-order chi connectivity index (χ1) is 20.3. The maximum atomic E-state index is 14.0. The van der Waals surface area contributed by atoms with E-state index in [4.69, 9.17) is 9.47 Å². The summed E-state index contributed by atoms with van der Waals surface area (Å²) in [5, 5.41) is 9.58. The van der Waals surface area contributed by atoms with Gasteiger partial charge in [0.2, 0.25) is 0 Å². The van der Waals surface area contributed by atoms with Crippen molar-refractivity contribution in [3.63, 3.8) is 0 Å². The molecular weight excluding hydrogens is 549 g/mol. The zero-order valence-electron chi connectivity index (χ0n) is 25.6. The molecule has 2 aromatic rings. The van der Waals surface area contributed by atoms with Crippen molar-refractivity contribution >= 4 is 17.5 Å². The van der Waals surface area contributed by atoms with E-state index in [9.17, 15) is 23.9 Å². The van der Waals surface area contributed by atoms with Crippen LogP contribution < -0.4 is 9.47 Å². The molecule has 8 heteroatoms. The summed E-state index contributed by atoms with van der Waals surface area (Å²) in [6.45, 7) is 10.9. The molecule has 7 nitrogen and oxygen atoms in total. The highest BCUT2D eigenvalue weighted by Gasteiger charge is 2.49. The third kappa shape index (κ3) is 6.38. The van der Waals surface area contributed by atoms with Gasteiger partial charge in [0.25, 0.3) is 0 Å². The van der Waals surface area contributed by atoms with Crippen molar-refractivity contribution in [3.8, 4) is 11.5 Å².